The van der Waals surface area contributed by atoms with E-state index in [2.05, 4.69) is 42.9 Å². The monoisotopic (exact) mass is 255 g/mol. The van der Waals surface area contributed by atoms with Crippen molar-refractivity contribution in [2.75, 3.05) is 0 Å². The zero-order valence-electron chi connectivity index (χ0n) is 11.7. The molecule has 19 heavy (non-hydrogen) atoms. The molecule has 0 radical (unpaired) electrons. The summed E-state index contributed by atoms with van der Waals surface area (Å²) in [7, 11) is 0. The van der Waals surface area contributed by atoms with Crippen molar-refractivity contribution in [2.24, 2.45) is 5.73 Å². The number of rotatable bonds is 2. The summed E-state index contributed by atoms with van der Waals surface area (Å²) >= 11 is 0. The van der Waals surface area contributed by atoms with Crippen molar-refractivity contribution >= 4 is 0 Å². The third kappa shape index (κ3) is 2.30. The Balaban J connectivity index is 1.92. The molecule has 0 aliphatic heterocycles. The summed E-state index contributed by atoms with van der Waals surface area (Å²) in [4.78, 5) is 0. The molecular weight excluding hydrogens is 234 g/mol. The quantitative estimate of drug-likeness (QED) is 0.896. The summed E-state index contributed by atoms with van der Waals surface area (Å²) in [6.07, 6.45) is 5.55. The van der Waals surface area contributed by atoms with Crippen molar-refractivity contribution in [3.8, 4) is 0 Å². The Hall–Kier alpha value is -1.61. The van der Waals surface area contributed by atoms with Crippen LogP contribution in [-0.2, 0) is 13.0 Å². The molecule has 1 aromatic heterocycles. The van der Waals surface area contributed by atoms with E-state index in [1.165, 1.54) is 28.7 Å². The predicted molar refractivity (Wildman–Crippen MR) is 77.1 cm³/mol. The molecule has 0 fully saturated rings. The molecule has 0 amide bonds. The minimum absolute atomic E-state index is 0.128. The van der Waals surface area contributed by atoms with Crippen LogP contribution in [0.15, 0.2) is 24.4 Å². The van der Waals surface area contributed by atoms with Gasteiger partial charge in [-0.3, -0.25) is 4.68 Å². The third-order valence-corrected chi connectivity index (χ3v) is 4.15. The number of nitrogens with zero attached hydrogens (tertiary/aromatic N) is 2. The second-order valence-corrected chi connectivity index (χ2v) is 5.61. The van der Waals surface area contributed by atoms with Gasteiger partial charge in [-0.05, 0) is 55.4 Å². The van der Waals surface area contributed by atoms with E-state index < -0.39 is 0 Å². The molecule has 1 heterocycles. The number of aromatic nitrogens is 2. The van der Waals surface area contributed by atoms with Gasteiger partial charge >= 0.3 is 0 Å². The number of nitrogens with two attached hydrogens (primary N) is 1. The van der Waals surface area contributed by atoms with Crippen molar-refractivity contribution in [3.63, 3.8) is 0 Å². The molecule has 3 heteroatoms. The molecule has 0 saturated carbocycles. The topological polar surface area (TPSA) is 43.8 Å². The van der Waals surface area contributed by atoms with Crippen LogP contribution >= 0.6 is 0 Å². The van der Waals surface area contributed by atoms with Gasteiger partial charge in [-0.25, -0.2) is 0 Å². The van der Waals surface area contributed by atoms with E-state index >= 15 is 0 Å². The van der Waals surface area contributed by atoms with E-state index in [4.69, 9.17) is 10.8 Å². The normalized spacial score (nSPS) is 18.4. The lowest BCUT2D eigenvalue weighted by atomic mass is 9.95. The number of fused-ring (bicyclic) bond motifs is 1. The van der Waals surface area contributed by atoms with Gasteiger partial charge < -0.3 is 5.73 Å². The Bertz CT molecular complexity index is 578. The zero-order chi connectivity index (χ0) is 13.4. The highest BCUT2D eigenvalue weighted by molar-refractivity contribution is 5.34. The third-order valence-electron chi connectivity index (χ3n) is 4.15. The van der Waals surface area contributed by atoms with Crippen LogP contribution in [-0.4, -0.2) is 9.78 Å². The van der Waals surface area contributed by atoms with Crippen LogP contribution in [0.2, 0.25) is 0 Å². The summed E-state index contributed by atoms with van der Waals surface area (Å²) in [5, 5.41) is 4.70. The minimum atomic E-state index is 0.128. The SMILES string of the molecule is Cc1cccc(C)c1Cn1cc2c(n1)C(N)CCC2. The molecule has 0 bridgehead atoms. The van der Waals surface area contributed by atoms with E-state index in [0.717, 1.165) is 25.1 Å². The van der Waals surface area contributed by atoms with E-state index in [1.54, 1.807) is 0 Å². The number of aryl methyl sites for hydroxylation is 3. The van der Waals surface area contributed by atoms with Crippen molar-refractivity contribution < 1.29 is 0 Å². The van der Waals surface area contributed by atoms with Gasteiger partial charge in [0.05, 0.1) is 12.2 Å². The molecule has 100 valence electrons. The summed E-state index contributed by atoms with van der Waals surface area (Å²) in [5.74, 6) is 0. The molecule has 1 unspecified atom stereocenters. The average molecular weight is 255 g/mol. The maximum Gasteiger partial charge on any atom is 0.0823 e. The molecule has 1 aromatic carbocycles. The molecule has 3 rings (SSSR count). The molecular formula is C16H21N3. The molecule has 2 aromatic rings. The van der Waals surface area contributed by atoms with Crippen LogP contribution in [0.25, 0.3) is 0 Å². The van der Waals surface area contributed by atoms with Crippen LogP contribution in [0, 0.1) is 13.8 Å². The van der Waals surface area contributed by atoms with Crippen molar-refractivity contribution in [3.05, 3.63) is 52.3 Å². The van der Waals surface area contributed by atoms with Gasteiger partial charge in [0.25, 0.3) is 0 Å². The Morgan fingerprint density at radius 1 is 1.32 bits per heavy atom. The maximum atomic E-state index is 6.14. The number of benzene rings is 1. The summed E-state index contributed by atoms with van der Waals surface area (Å²) in [6, 6.07) is 6.57. The van der Waals surface area contributed by atoms with E-state index in [-0.39, 0.29) is 6.04 Å². The second-order valence-electron chi connectivity index (χ2n) is 5.61. The maximum absolute atomic E-state index is 6.14. The smallest absolute Gasteiger partial charge is 0.0823 e. The summed E-state index contributed by atoms with van der Waals surface area (Å²) < 4.78 is 2.06. The summed E-state index contributed by atoms with van der Waals surface area (Å²) in [5.41, 5.74) is 12.6. The van der Waals surface area contributed by atoms with Crippen molar-refractivity contribution in [1.82, 2.24) is 9.78 Å². The fourth-order valence-corrected chi connectivity index (χ4v) is 2.97. The first-order chi connectivity index (χ1) is 9.15. The van der Waals surface area contributed by atoms with E-state index in [9.17, 15) is 0 Å². The van der Waals surface area contributed by atoms with Gasteiger partial charge in [0.1, 0.15) is 0 Å². The van der Waals surface area contributed by atoms with Gasteiger partial charge in [-0.15, -0.1) is 0 Å². The molecule has 1 atom stereocenters. The summed E-state index contributed by atoms with van der Waals surface area (Å²) in [6.45, 7) is 5.17. The lowest BCUT2D eigenvalue weighted by Gasteiger charge is -2.15. The molecule has 1 aliphatic rings. The first kappa shape index (κ1) is 12.4. The Kier molecular flexibility index (Phi) is 3.15. The lowest BCUT2D eigenvalue weighted by molar-refractivity contribution is 0.549. The van der Waals surface area contributed by atoms with Gasteiger partial charge in [0, 0.05) is 12.2 Å². The first-order valence-corrected chi connectivity index (χ1v) is 7.02. The molecule has 3 nitrogen and oxygen atoms in total. The van der Waals surface area contributed by atoms with Crippen LogP contribution < -0.4 is 5.73 Å². The molecule has 0 saturated heterocycles. The van der Waals surface area contributed by atoms with Gasteiger partial charge in [0.15, 0.2) is 0 Å². The van der Waals surface area contributed by atoms with Crippen molar-refractivity contribution in [1.29, 1.82) is 0 Å². The van der Waals surface area contributed by atoms with Gasteiger partial charge in [-0.2, -0.15) is 5.10 Å². The standard InChI is InChI=1S/C16H21N3/c1-11-5-3-6-12(2)14(11)10-19-9-13-7-4-8-15(17)16(13)18-19/h3,5-6,9,15H,4,7-8,10,17H2,1-2H3. The van der Waals surface area contributed by atoms with Crippen LogP contribution in [0.5, 0.6) is 0 Å². The Labute approximate surface area is 114 Å². The Morgan fingerprint density at radius 2 is 2.05 bits per heavy atom. The average Bonchev–Trinajstić information content (AvgIpc) is 2.78. The Morgan fingerprint density at radius 3 is 2.74 bits per heavy atom. The van der Waals surface area contributed by atoms with E-state index in [0.29, 0.717) is 0 Å². The fourth-order valence-electron chi connectivity index (χ4n) is 2.97. The first-order valence-electron chi connectivity index (χ1n) is 7.02. The van der Waals surface area contributed by atoms with Crippen LogP contribution in [0.1, 0.15) is 46.8 Å². The lowest BCUT2D eigenvalue weighted by Crippen LogP contribution is -2.17. The number of hydrogen-bond donors (Lipinski definition) is 1. The highest BCUT2D eigenvalue weighted by Gasteiger charge is 2.20. The number of hydrogen-bond acceptors (Lipinski definition) is 2. The van der Waals surface area contributed by atoms with Gasteiger partial charge in [-0.1, -0.05) is 18.2 Å². The largest absolute Gasteiger partial charge is 0.323 e. The molecule has 0 spiro atoms. The van der Waals surface area contributed by atoms with Crippen LogP contribution in [0.4, 0.5) is 0 Å². The highest BCUT2D eigenvalue weighted by atomic mass is 15.3. The fraction of sp³-hybridized carbons (Fsp3) is 0.438. The van der Waals surface area contributed by atoms with Crippen molar-refractivity contribution in [2.45, 2.75) is 45.7 Å². The minimum Gasteiger partial charge on any atom is -0.323 e. The van der Waals surface area contributed by atoms with Gasteiger partial charge in [0.2, 0.25) is 0 Å². The highest BCUT2D eigenvalue weighted by Crippen LogP contribution is 2.27. The molecule has 1 aliphatic carbocycles. The zero-order valence-corrected chi connectivity index (χ0v) is 11.7. The van der Waals surface area contributed by atoms with Crippen LogP contribution in [0.3, 0.4) is 0 Å². The molecule has 2 N–H and O–H groups in total. The van der Waals surface area contributed by atoms with E-state index in [1.807, 2.05) is 0 Å². The predicted octanol–water partition coefficient (Wildman–Crippen LogP) is 2.88. The second kappa shape index (κ2) is 4.82.